The van der Waals surface area contributed by atoms with Gasteiger partial charge in [0.2, 0.25) is 0 Å². The summed E-state index contributed by atoms with van der Waals surface area (Å²) in [5.74, 6) is 1.41. The van der Waals surface area contributed by atoms with Crippen molar-refractivity contribution in [3.8, 4) is 5.69 Å². The number of thiophene rings is 1. The van der Waals surface area contributed by atoms with Crippen LogP contribution in [0, 0.1) is 12.8 Å². The maximum absolute atomic E-state index is 13.1. The minimum absolute atomic E-state index is 0.0434. The number of rotatable bonds is 1. The Hall–Kier alpha value is -1.65. The summed E-state index contributed by atoms with van der Waals surface area (Å²) in [7, 11) is 0. The van der Waals surface area contributed by atoms with Gasteiger partial charge in [-0.25, -0.2) is 4.98 Å². The lowest BCUT2D eigenvalue weighted by molar-refractivity contribution is 0.509. The Balaban J connectivity index is 2.00. The molecule has 1 aromatic carbocycles. The van der Waals surface area contributed by atoms with E-state index >= 15 is 0 Å². The molecule has 0 N–H and O–H groups in total. The summed E-state index contributed by atoms with van der Waals surface area (Å²) in [6.45, 7) is 4.16. The molecule has 4 rings (SSSR count). The first kappa shape index (κ1) is 14.9. The second-order valence-corrected chi connectivity index (χ2v) is 7.83. The van der Waals surface area contributed by atoms with E-state index in [4.69, 9.17) is 16.6 Å². The molecule has 0 bridgehead atoms. The van der Waals surface area contributed by atoms with Gasteiger partial charge in [0, 0.05) is 9.90 Å². The lowest BCUT2D eigenvalue weighted by Crippen LogP contribution is -2.23. The van der Waals surface area contributed by atoms with E-state index in [-0.39, 0.29) is 5.56 Å². The molecule has 0 saturated carbocycles. The molecular formula is C18H17ClN2OS. The number of hydrogen-bond acceptors (Lipinski definition) is 3. The number of aryl methyl sites for hydroxylation is 2. The molecule has 5 heteroatoms. The van der Waals surface area contributed by atoms with Crippen LogP contribution in [0.4, 0.5) is 0 Å². The smallest absolute Gasteiger partial charge is 0.267 e. The van der Waals surface area contributed by atoms with Crippen molar-refractivity contribution in [1.82, 2.24) is 9.55 Å². The highest BCUT2D eigenvalue weighted by atomic mass is 35.5. The van der Waals surface area contributed by atoms with Crippen LogP contribution in [0.5, 0.6) is 0 Å². The van der Waals surface area contributed by atoms with E-state index in [2.05, 4.69) is 6.92 Å². The van der Waals surface area contributed by atoms with Gasteiger partial charge in [-0.1, -0.05) is 18.5 Å². The summed E-state index contributed by atoms with van der Waals surface area (Å²) < 4.78 is 1.70. The predicted octanol–water partition coefficient (Wildman–Crippen LogP) is 4.53. The highest BCUT2D eigenvalue weighted by molar-refractivity contribution is 7.18. The van der Waals surface area contributed by atoms with E-state index in [0.717, 1.165) is 41.0 Å². The second kappa shape index (κ2) is 5.46. The molecule has 0 aliphatic heterocycles. The van der Waals surface area contributed by atoms with E-state index in [9.17, 15) is 4.79 Å². The number of nitrogens with zero attached hydrogens (tertiary/aromatic N) is 2. The molecular weight excluding hydrogens is 328 g/mol. The van der Waals surface area contributed by atoms with E-state index in [1.807, 2.05) is 19.1 Å². The Morgan fingerprint density at radius 1 is 1.30 bits per heavy atom. The molecule has 2 aromatic heterocycles. The highest BCUT2D eigenvalue weighted by Gasteiger charge is 2.24. The zero-order chi connectivity index (χ0) is 16.1. The van der Waals surface area contributed by atoms with Crippen molar-refractivity contribution >= 4 is 33.2 Å². The molecule has 3 nitrogen and oxygen atoms in total. The number of halogens is 1. The molecule has 118 valence electrons. The van der Waals surface area contributed by atoms with Gasteiger partial charge in [-0.15, -0.1) is 11.3 Å². The van der Waals surface area contributed by atoms with Crippen LogP contribution < -0.4 is 5.56 Å². The first-order valence-electron chi connectivity index (χ1n) is 7.84. The van der Waals surface area contributed by atoms with Crippen molar-refractivity contribution in [2.45, 2.75) is 33.1 Å². The molecule has 0 saturated heterocycles. The van der Waals surface area contributed by atoms with Gasteiger partial charge in [0.15, 0.2) is 0 Å². The molecule has 23 heavy (non-hydrogen) atoms. The average Bonchev–Trinajstić information content (AvgIpc) is 2.86. The maximum Gasteiger partial charge on any atom is 0.267 e. The Kier molecular flexibility index (Phi) is 3.54. The van der Waals surface area contributed by atoms with Gasteiger partial charge in [-0.2, -0.15) is 0 Å². The molecule has 1 aliphatic rings. The standard InChI is InChI=1S/C18H17ClN2OS/c1-10-3-8-14-15(9-10)23-17-16(14)18(22)21(11(2)20-17)13-6-4-12(19)5-7-13/h4-7,10H,3,8-9H2,1-2H3. The minimum Gasteiger partial charge on any atom is -0.268 e. The Labute approximate surface area is 143 Å². The van der Waals surface area contributed by atoms with E-state index in [0.29, 0.717) is 10.9 Å². The average molecular weight is 345 g/mol. The van der Waals surface area contributed by atoms with Gasteiger partial charge < -0.3 is 0 Å². The largest absolute Gasteiger partial charge is 0.268 e. The van der Waals surface area contributed by atoms with Crippen molar-refractivity contribution in [2.75, 3.05) is 0 Å². The molecule has 3 aromatic rings. The monoisotopic (exact) mass is 344 g/mol. The molecule has 0 radical (unpaired) electrons. The van der Waals surface area contributed by atoms with E-state index in [1.54, 1.807) is 28.0 Å². The SMILES string of the molecule is Cc1nc2sc3c(c2c(=O)n1-c1ccc(Cl)cc1)CCC(C)C3. The van der Waals surface area contributed by atoms with E-state index < -0.39 is 0 Å². The third-order valence-corrected chi connectivity index (χ3v) is 5.98. The van der Waals surface area contributed by atoms with Crippen molar-refractivity contribution in [3.63, 3.8) is 0 Å². The van der Waals surface area contributed by atoms with Gasteiger partial charge in [-0.3, -0.25) is 9.36 Å². The van der Waals surface area contributed by atoms with Crippen LogP contribution in [0.3, 0.4) is 0 Å². The topological polar surface area (TPSA) is 34.9 Å². The summed E-state index contributed by atoms with van der Waals surface area (Å²) in [6.07, 6.45) is 3.19. The number of aromatic nitrogens is 2. The number of benzene rings is 1. The minimum atomic E-state index is 0.0434. The van der Waals surface area contributed by atoms with Crippen LogP contribution in [-0.4, -0.2) is 9.55 Å². The third-order valence-electron chi connectivity index (χ3n) is 4.58. The fraction of sp³-hybridized carbons (Fsp3) is 0.333. The zero-order valence-electron chi connectivity index (χ0n) is 13.1. The fourth-order valence-corrected chi connectivity index (χ4v) is 4.93. The molecule has 1 aliphatic carbocycles. The fourth-order valence-electron chi connectivity index (χ4n) is 3.39. The summed E-state index contributed by atoms with van der Waals surface area (Å²) >= 11 is 7.66. The highest BCUT2D eigenvalue weighted by Crippen LogP contribution is 2.36. The van der Waals surface area contributed by atoms with Crippen LogP contribution in [-0.2, 0) is 12.8 Å². The van der Waals surface area contributed by atoms with Crippen LogP contribution in [0.15, 0.2) is 29.1 Å². The van der Waals surface area contributed by atoms with Gasteiger partial charge in [0.25, 0.3) is 5.56 Å². The van der Waals surface area contributed by atoms with Crippen molar-refractivity contribution < 1.29 is 0 Å². The maximum atomic E-state index is 13.1. The van der Waals surface area contributed by atoms with Crippen molar-refractivity contribution in [2.24, 2.45) is 5.92 Å². The number of hydrogen-bond donors (Lipinski definition) is 0. The lowest BCUT2D eigenvalue weighted by Gasteiger charge is -2.17. The van der Waals surface area contributed by atoms with Gasteiger partial charge in [-0.05, 0) is 61.9 Å². The van der Waals surface area contributed by atoms with Gasteiger partial charge in [0.1, 0.15) is 10.7 Å². The van der Waals surface area contributed by atoms with Crippen LogP contribution in [0.1, 0.15) is 29.6 Å². The van der Waals surface area contributed by atoms with Crippen LogP contribution in [0.25, 0.3) is 15.9 Å². The van der Waals surface area contributed by atoms with Crippen LogP contribution in [0.2, 0.25) is 5.02 Å². The molecule has 0 spiro atoms. The second-order valence-electron chi connectivity index (χ2n) is 6.31. The van der Waals surface area contributed by atoms with Gasteiger partial charge >= 0.3 is 0 Å². The van der Waals surface area contributed by atoms with Gasteiger partial charge in [0.05, 0.1) is 11.1 Å². The van der Waals surface area contributed by atoms with E-state index in [1.165, 1.54) is 10.4 Å². The third kappa shape index (κ3) is 2.41. The predicted molar refractivity (Wildman–Crippen MR) is 96.2 cm³/mol. The first-order chi connectivity index (χ1) is 11.0. The molecule has 0 amide bonds. The Morgan fingerprint density at radius 3 is 2.78 bits per heavy atom. The summed E-state index contributed by atoms with van der Waals surface area (Å²) in [5.41, 5.74) is 2.08. The Bertz CT molecular complexity index is 956. The first-order valence-corrected chi connectivity index (χ1v) is 9.04. The Morgan fingerprint density at radius 2 is 2.04 bits per heavy atom. The normalized spacial score (nSPS) is 17.4. The molecule has 2 heterocycles. The zero-order valence-corrected chi connectivity index (χ0v) is 14.7. The van der Waals surface area contributed by atoms with Crippen LogP contribution >= 0.6 is 22.9 Å². The lowest BCUT2D eigenvalue weighted by atomic mass is 9.89. The summed E-state index contributed by atoms with van der Waals surface area (Å²) in [6, 6.07) is 7.34. The quantitative estimate of drug-likeness (QED) is 0.650. The summed E-state index contributed by atoms with van der Waals surface area (Å²) in [4.78, 5) is 20.1. The molecule has 1 unspecified atom stereocenters. The summed E-state index contributed by atoms with van der Waals surface area (Å²) in [5, 5.41) is 1.48. The van der Waals surface area contributed by atoms with Crippen molar-refractivity contribution in [1.29, 1.82) is 0 Å². The molecule has 0 fully saturated rings. The van der Waals surface area contributed by atoms with Crippen molar-refractivity contribution in [3.05, 3.63) is 55.9 Å². The molecule has 1 atom stereocenters. The number of fused-ring (bicyclic) bond motifs is 3.